The molecular formula is C49H34N2O2. The van der Waals surface area contributed by atoms with Crippen LogP contribution in [0.1, 0.15) is 22.3 Å². The molecular weight excluding hydrogens is 649 g/mol. The van der Waals surface area contributed by atoms with Gasteiger partial charge in [0.2, 0.25) is 0 Å². The van der Waals surface area contributed by atoms with E-state index in [1.165, 1.54) is 0 Å². The van der Waals surface area contributed by atoms with E-state index in [0.717, 1.165) is 79.4 Å². The predicted molar refractivity (Wildman–Crippen MR) is 214 cm³/mol. The van der Waals surface area contributed by atoms with Gasteiger partial charge in [-0.1, -0.05) is 115 Å². The van der Waals surface area contributed by atoms with Gasteiger partial charge in [0, 0.05) is 62.4 Å². The molecule has 2 aliphatic rings. The van der Waals surface area contributed by atoms with E-state index >= 15 is 0 Å². The maximum absolute atomic E-state index is 6.94. The van der Waals surface area contributed by atoms with Crippen LogP contribution in [0.15, 0.2) is 206 Å². The van der Waals surface area contributed by atoms with Crippen LogP contribution in [0, 0.1) is 0 Å². The standard InChI is InChI=1S/C49H34N2O2/c1-5-17-35(18-6-1)50(36-19-7-2-8-20-36)39-30-32-47-44(33-39)49(41-25-13-15-27-45(41)52-47)42-26-14-16-28-46(42)53-48-34-40(29-31-43(48)49)51(37-21-9-3-10-22-37)38-23-11-4-12-24-38/h1-34H. The summed E-state index contributed by atoms with van der Waals surface area (Å²) >= 11 is 0. The van der Waals surface area contributed by atoms with Crippen LogP contribution in [0.3, 0.4) is 0 Å². The van der Waals surface area contributed by atoms with Gasteiger partial charge in [-0.25, -0.2) is 0 Å². The van der Waals surface area contributed by atoms with Crippen LogP contribution in [0.5, 0.6) is 23.0 Å². The molecule has 1 unspecified atom stereocenters. The van der Waals surface area contributed by atoms with Crippen LogP contribution in [-0.4, -0.2) is 0 Å². The number of hydrogen-bond acceptors (Lipinski definition) is 4. The van der Waals surface area contributed by atoms with Crippen molar-refractivity contribution in [2.75, 3.05) is 9.80 Å². The van der Waals surface area contributed by atoms with E-state index in [2.05, 4.69) is 198 Å². The van der Waals surface area contributed by atoms with Gasteiger partial charge in [0.25, 0.3) is 0 Å². The third-order valence-corrected chi connectivity index (χ3v) is 10.3. The zero-order valence-corrected chi connectivity index (χ0v) is 28.8. The van der Waals surface area contributed by atoms with Gasteiger partial charge >= 0.3 is 0 Å². The Morgan fingerprint density at radius 3 is 1.11 bits per heavy atom. The Bertz CT molecular complexity index is 2480. The normalized spacial score (nSPS) is 14.8. The predicted octanol–water partition coefficient (Wildman–Crippen LogP) is 13.2. The molecule has 0 radical (unpaired) electrons. The molecule has 2 aliphatic heterocycles. The average molecular weight is 683 g/mol. The van der Waals surface area contributed by atoms with Crippen LogP contribution in [-0.2, 0) is 5.41 Å². The molecule has 0 amide bonds. The Morgan fingerprint density at radius 2 is 0.623 bits per heavy atom. The number of anilines is 6. The van der Waals surface area contributed by atoms with Gasteiger partial charge in [-0.3, -0.25) is 0 Å². The number of para-hydroxylation sites is 6. The number of fused-ring (bicyclic) bond motifs is 8. The summed E-state index contributed by atoms with van der Waals surface area (Å²) < 4.78 is 13.7. The van der Waals surface area contributed by atoms with Gasteiger partial charge in [-0.05, 0) is 84.9 Å². The minimum atomic E-state index is -0.744. The first kappa shape index (κ1) is 30.8. The van der Waals surface area contributed by atoms with Crippen molar-refractivity contribution in [3.05, 3.63) is 229 Å². The fourth-order valence-corrected chi connectivity index (χ4v) is 8.12. The van der Waals surface area contributed by atoms with Crippen LogP contribution in [0.25, 0.3) is 0 Å². The Morgan fingerprint density at radius 1 is 0.264 bits per heavy atom. The van der Waals surface area contributed by atoms with Crippen molar-refractivity contribution in [2.45, 2.75) is 5.41 Å². The van der Waals surface area contributed by atoms with Crippen LogP contribution in [0.4, 0.5) is 34.1 Å². The van der Waals surface area contributed by atoms with Crippen molar-refractivity contribution in [1.29, 1.82) is 0 Å². The van der Waals surface area contributed by atoms with Crippen molar-refractivity contribution in [3.63, 3.8) is 0 Å². The Balaban J connectivity index is 1.24. The van der Waals surface area contributed by atoms with Crippen molar-refractivity contribution in [2.24, 2.45) is 0 Å². The number of ether oxygens (including phenoxy) is 2. The number of benzene rings is 8. The highest BCUT2D eigenvalue weighted by Gasteiger charge is 2.51. The van der Waals surface area contributed by atoms with Crippen molar-refractivity contribution in [3.8, 4) is 23.0 Å². The molecule has 252 valence electrons. The Kier molecular flexibility index (Phi) is 7.33. The molecule has 0 aromatic heterocycles. The van der Waals surface area contributed by atoms with E-state index in [9.17, 15) is 0 Å². The number of nitrogens with zero attached hydrogens (tertiary/aromatic N) is 2. The largest absolute Gasteiger partial charge is 0.457 e. The van der Waals surface area contributed by atoms with Gasteiger partial charge in [0.1, 0.15) is 23.0 Å². The van der Waals surface area contributed by atoms with Gasteiger partial charge < -0.3 is 19.3 Å². The Labute approximate surface area is 309 Å². The fraction of sp³-hybridized carbons (Fsp3) is 0.0204. The minimum Gasteiger partial charge on any atom is -0.457 e. The lowest BCUT2D eigenvalue weighted by molar-refractivity contribution is 0.399. The molecule has 8 aromatic rings. The van der Waals surface area contributed by atoms with E-state index in [-0.39, 0.29) is 0 Å². The molecule has 8 aromatic carbocycles. The first-order valence-electron chi connectivity index (χ1n) is 17.9. The van der Waals surface area contributed by atoms with E-state index in [0.29, 0.717) is 0 Å². The zero-order chi connectivity index (χ0) is 35.2. The lowest BCUT2D eigenvalue weighted by Crippen LogP contribution is -2.37. The average Bonchev–Trinajstić information content (AvgIpc) is 3.23. The van der Waals surface area contributed by atoms with Crippen LogP contribution in [0.2, 0.25) is 0 Å². The van der Waals surface area contributed by atoms with E-state index in [1.807, 2.05) is 18.2 Å². The van der Waals surface area contributed by atoms with E-state index in [4.69, 9.17) is 9.47 Å². The van der Waals surface area contributed by atoms with E-state index in [1.54, 1.807) is 0 Å². The molecule has 4 nitrogen and oxygen atoms in total. The summed E-state index contributed by atoms with van der Waals surface area (Å²) in [4.78, 5) is 4.58. The highest BCUT2D eigenvalue weighted by atomic mass is 16.5. The molecule has 0 saturated heterocycles. The van der Waals surface area contributed by atoms with Gasteiger partial charge in [-0.15, -0.1) is 0 Å². The summed E-state index contributed by atoms with van der Waals surface area (Å²) in [6, 6.07) is 72.2. The highest BCUT2D eigenvalue weighted by Crippen LogP contribution is 2.62. The van der Waals surface area contributed by atoms with E-state index < -0.39 is 5.41 Å². The molecule has 4 heteroatoms. The van der Waals surface area contributed by atoms with Gasteiger partial charge in [-0.2, -0.15) is 0 Å². The summed E-state index contributed by atoms with van der Waals surface area (Å²) in [5.74, 6) is 3.27. The highest BCUT2D eigenvalue weighted by molar-refractivity contribution is 5.83. The van der Waals surface area contributed by atoms with Gasteiger partial charge in [0.15, 0.2) is 0 Å². The molecule has 0 N–H and O–H groups in total. The lowest BCUT2D eigenvalue weighted by atomic mass is 9.62. The molecule has 53 heavy (non-hydrogen) atoms. The topological polar surface area (TPSA) is 24.9 Å². The molecule has 1 spiro atoms. The molecule has 0 fully saturated rings. The first-order chi connectivity index (χ1) is 26.3. The zero-order valence-electron chi connectivity index (χ0n) is 28.8. The molecule has 10 rings (SSSR count). The quantitative estimate of drug-likeness (QED) is 0.174. The molecule has 0 aliphatic carbocycles. The van der Waals surface area contributed by atoms with Gasteiger partial charge in [0.05, 0.1) is 5.41 Å². The Hall–Kier alpha value is -7.04. The molecule has 2 heterocycles. The third kappa shape index (κ3) is 4.99. The fourth-order valence-electron chi connectivity index (χ4n) is 8.12. The van der Waals surface area contributed by atoms with Crippen molar-refractivity contribution < 1.29 is 9.47 Å². The van der Waals surface area contributed by atoms with Crippen molar-refractivity contribution in [1.82, 2.24) is 0 Å². The monoisotopic (exact) mass is 682 g/mol. The minimum absolute atomic E-state index is 0.744. The summed E-state index contributed by atoms with van der Waals surface area (Å²) in [6.07, 6.45) is 0. The molecule has 0 bridgehead atoms. The number of hydrogen-bond donors (Lipinski definition) is 0. The van der Waals surface area contributed by atoms with Crippen molar-refractivity contribution >= 4 is 34.1 Å². The molecule has 1 atom stereocenters. The SMILES string of the molecule is c1ccc(N(c2ccccc2)c2ccc3c(c2)Oc2ccccc2C32c3ccccc3Oc3ccc(N(c4ccccc4)c4ccccc4)cc32)cc1. The van der Waals surface area contributed by atoms with Crippen LogP contribution < -0.4 is 19.3 Å². The third-order valence-electron chi connectivity index (χ3n) is 10.3. The first-order valence-corrected chi connectivity index (χ1v) is 17.9. The summed E-state index contributed by atoms with van der Waals surface area (Å²) in [7, 11) is 0. The van der Waals surface area contributed by atoms with Crippen LogP contribution >= 0.6 is 0 Å². The number of rotatable bonds is 6. The lowest BCUT2D eigenvalue weighted by Gasteiger charge is -2.45. The smallest absolute Gasteiger partial charge is 0.134 e. The molecule has 0 saturated carbocycles. The maximum atomic E-state index is 6.94. The summed E-state index contributed by atoms with van der Waals surface area (Å²) in [5, 5.41) is 0. The summed E-state index contributed by atoms with van der Waals surface area (Å²) in [6.45, 7) is 0. The second-order valence-corrected chi connectivity index (χ2v) is 13.3. The summed E-state index contributed by atoms with van der Waals surface area (Å²) in [5.41, 5.74) is 9.83. The maximum Gasteiger partial charge on any atom is 0.134 e. The second kappa shape index (κ2) is 12.6. The second-order valence-electron chi connectivity index (χ2n) is 13.3.